The van der Waals surface area contributed by atoms with Crippen molar-refractivity contribution < 1.29 is 17.6 Å². The Morgan fingerprint density at radius 2 is 1.59 bits per heavy atom. The lowest BCUT2D eigenvalue weighted by atomic mass is 9.92. The molecule has 1 unspecified atom stereocenters. The second-order valence-corrected chi connectivity index (χ2v) is 10.2. The van der Waals surface area contributed by atoms with Gasteiger partial charge in [0, 0.05) is 15.1 Å². The van der Waals surface area contributed by atoms with Crippen molar-refractivity contribution in [2.24, 2.45) is 0 Å². The number of benzene rings is 2. The van der Waals surface area contributed by atoms with E-state index in [1.807, 2.05) is 0 Å². The van der Waals surface area contributed by atoms with Crippen molar-refractivity contribution in [1.82, 2.24) is 0 Å². The van der Waals surface area contributed by atoms with Crippen molar-refractivity contribution in [3.05, 3.63) is 69.3 Å². The van der Waals surface area contributed by atoms with Crippen LogP contribution in [0.2, 0.25) is 0 Å². The second-order valence-electron chi connectivity index (χ2n) is 8.39. The SMILES string of the molecule is CC(C)c1cc2c(c(F)c1F)-c1c(cc(CCC3=CCC(I)CC3)c(F)c1F)C2. The fourth-order valence-electron chi connectivity index (χ4n) is 4.44. The highest BCUT2D eigenvalue weighted by atomic mass is 127. The van der Waals surface area contributed by atoms with Crippen molar-refractivity contribution in [2.75, 3.05) is 0 Å². The molecule has 0 N–H and O–H groups in total. The lowest BCUT2D eigenvalue weighted by Crippen LogP contribution is -2.06. The first-order valence-corrected chi connectivity index (χ1v) is 11.3. The summed E-state index contributed by atoms with van der Waals surface area (Å²) in [7, 11) is 0. The summed E-state index contributed by atoms with van der Waals surface area (Å²) in [5.41, 5.74) is 2.71. The molecule has 29 heavy (non-hydrogen) atoms. The number of hydrogen-bond acceptors (Lipinski definition) is 0. The summed E-state index contributed by atoms with van der Waals surface area (Å²) in [6, 6.07) is 3.24. The highest BCUT2D eigenvalue weighted by Crippen LogP contribution is 2.44. The first-order valence-electron chi connectivity index (χ1n) is 10.1. The molecule has 2 aliphatic rings. The maximum absolute atomic E-state index is 14.9. The molecule has 0 saturated heterocycles. The van der Waals surface area contributed by atoms with E-state index in [-0.39, 0.29) is 22.6 Å². The largest absolute Gasteiger partial charge is 0.203 e. The van der Waals surface area contributed by atoms with Crippen molar-refractivity contribution >= 4 is 22.6 Å². The van der Waals surface area contributed by atoms with Crippen LogP contribution in [0, 0.1) is 23.3 Å². The molecule has 0 heterocycles. The third-order valence-electron chi connectivity index (χ3n) is 6.09. The molecule has 0 amide bonds. The topological polar surface area (TPSA) is 0 Å². The van der Waals surface area contributed by atoms with Gasteiger partial charge in [0.05, 0.1) is 0 Å². The monoisotopic (exact) mass is 514 g/mol. The second kappa shape index (κ2) is 8.05. The van der Waals surface area contributed by atoms with E-state index in [1.54, 1.807) is 26.0 Å². The zero-order valence-electron chi connectivity index (χ0n) is 16.5. The highest BCUT2D eigenvalue weighted by molar-refractivity contribution is 14.1. The van der Waals surface area contributed by atoms with Crippen molar-refractivity contribution in [3.8, 4) is 11.1 Å². The van der Waals surface area contributed by atoms with Gasteiger partial charge in [-0.25, -0.2) is 17.6 Å². The van der Waals surface area contributed by atoms with Gasteiger partial charge in [-0.1, -0.05) is 60.2 Å². The molecule has 5 heteroatoms. The Morgan fingerprint density at radius 3 is 2.21 bits per heavy atom. The molecule has 0 fully saturated rings. The van der Waals surface area contributed by atoms with Crippen molar-refractivity contribution in [1.29, 1.82) is 0 Å². The Bertz CT molecular complexity index is 1010. The molecule has 0 saturated carbocycles. The summed E-state index contributed by atoms with van der Waals surface area (Å²) in [5, 5.41) is 0. The van der Waals surface area contributed by atoms with Gasteiger partial charge in [-0.15, -0.1) is 0 Å². The maximum Gasteiger partial charge on any atom is 0.167 e. The molecule has 0 radical (unpaired) electrons. The minimum atomic E-state index is -1.07. The predicted octanol–water partition coefficient (Wildman–Crippen LogP) is 7.78. The number of fused-ring (bicyclic) bond motifs is 3. The minimum absolute atomic E-state index is 0.113. The number of halogens is 5. The van der Waals surface area contributed by atoms with Crippen LogP contribution in [0.15, 0.2) is 23.8 Å². The zero-order chi connectivity index (χ0) is 20.9. The van der Waals surface area contributed by atoms with Gasteiger partial charge in [-0.2, -0.15) is 0 Å². The van der Waals surface area contributed by atoms with Gasteiger partial charge in [0.25, 0.3) is 0 Å². The van der Waals surface area contributed by atoms with Gasteiger partial charge in [-0.3, -0.25) is 0 Å². The Morgan fingerprint density at radius 1 is 0.931 bits per heavy atom. The van der Waals surface area contributed by atoms with Crippen LogP contribution in [-0.2, 0) is 12.8 Å². The van der Waals surface area contributed by atoms with Crippen LogP contribution in [0.25, 0.3) is 11.1 Å². The molecular weight excluding hydrogens is 491 g/mol. The first kappa shape index (κ1) is 20.9. The predicted molar refractivity (Wildman–Crippen MR) is 117 cm³/mol. The summed E-state index contributed by atoms with van der Waals surface area (Å²) >= 11 is 2.44. The third-order valence-corrected chi connectivity index (χ3v) is 7.22. The molecule has 0 aliphatic heterocycles. The molecule has 154 valence electrons. The third kappa shape index (κ3) is 3.75. The summed E-state index contributed by atoms with van der Waals surface area (Å²) in [6.45, 7) is 3.57. The van der Waals surface area contributed by atoms with Gasteiger partial charge in [0.2, 0.25) is 0 Å². The molecule has 2 aromatic rings. The fraction of sp³-hybridized carbons (Fsp3) is 0.417. The molecule has 2 aliphatic carbocycles. The Labute approximate surface area is 182 Å². The zero-order valence-corrected chi connectivity index (χ0v) is 18.7. The van der Waals surface area contributed by atoms with E-state index < -0.39 is 23.3 Å². The van der Waals surface area contributed by atoms with Gasteiger partial charge in [-0.05, 0) is 66.7 Å². The van der Waals surface area contributed by atoms with E-state index >= 15 is 0 Å². The average molecular weight is 514 g/mol. The van der Waals surface area contributed by atoms with E-state index in [0.29, 0.717) is 39.9 Å². The normalized spacial score (nSPS) is 18.1. The number of alkyl halides is 1. The summed E-state index contributed by atoms with van der Waals surface area (Å²) in [5.74, 6) is -4.23. The van der Waals surface area contributed by atoms with Gasteiger partial charge < -0.3 is 0 Å². The van der Waals surface area contributed by atoms with Gasteiger partial charge in [0.15, 0.2) is 23.3 Å². The van der Waals surface area contributed by atoms with Crippen LogP contribution in [0.3, 0.4) is 0 Å². The summed E-state index contributed by atoms with van der Waals surface area (Å²) < 4.78 is 59.6. The number of hydrogen-bond donors (Lipinski definition) is 0. The fourth-order valence-corrected chi connectivity index (χ4v) is 5.01. The van der Waals surface area contributed by atoms with E-state index in [9.17, 15) is 17.6 Å². The Kier molecular flexibility index (Phi) is 5.79. The Balaban J connectivity index is 1.68. The minimum Gasteiger partial charge on any atom is -0.203 e. The average Bonchev–Trinajstić information content (AvgIpc) is 3.06. The van der Waals surface area contributed by atoms with Crippen LogP contribution in [0.4, 0.5) is 17.6 Å². The van der Waals surface area contributed by atoms with Crippen molar-refractivity contribution in [3.63, 3.8) is 0 Å². The van der Waals surface area contributed by atoms with E-state index in [2.05, 4.69) is 28.7 Å². The van der Waals surface area contributed by atoms with Gasteiger partial charge in [0.1, 0.15) is 0 Å². The molecule has 1 atom stereocenters. The summed E-state index contributed by atoms with van der Waals surface area (Å²) in [6.07, 6.45) is 6.76. The highest BCUT2D eigenvalue weighted by Gasteiger charge is 2.32. The van der Waals surface area contributed by atoms with E-state index in [1.165, 1.54) is 5.57 Å². The molecule has 4 rings (SSSR count). The molecule has 2 aromatic carbocycles. The molecule has 0 aromatic heterocycles. The van der Waals surface area contributed by atoms with Gasteiger partial charge >= 0.3 is 0 Å². The van der Waals surface area contributed by atoms with E-state index in [0.717, 1.165) is 19.3 Å². The van der Waals surface area contributed by atoms with Crippen molar-refractivity contribution in [2.45, 2.75) is 62.2 Å². The first-order chi connectivity index (χ1) is 13.8. The van der Waals surface area contributed by atoms with Crippen LogP contribution in [-0.4, -0.2) is 3.92 Å². The number of aryl methyl sites for hydroxylation is 1. The summed E-state index contributed by atoms with van der Waals surface area (Å²) in [4.78, 5) is 0. The number of rotatable bonds is 4. The lowest BCUT2D eigenvalue weighted by molar-refractivity contribution is 0.489. The number of allylic oxidation sites excluding steroid dienone is 2. The van der Waals surface area contributed by atoms with Crippen LogP contribution < -0.4 is 0 Å². The molecule has 0 nitrogen and oxygen atoms in total. The van der Waals surface area contributed by atoms with Crippen LogP contribution in [0.5, 0.6) is 0 Å². The molecule has 0 bridgehead atoms. The van der Waals surface area contributed by atoms with E-state index in [4.69, 9.17) is 0 Å². The Hall–Kier alpha value is -1.37. The maximum atomic E-state index is 14.9. The van der Waals surface area contributed by atoms with Crippen LogP contribution >= 0.6 is 22.6 Å². The standard InChI is InChI=1S/C24H23F4I/c1-12(2)18-11-16-10-15-9-14(6-3-13-4-7-17(29)8-5-13)21(25)23(27)19(15)20(16)24(28)22(18)26/h4,9,11-12,17H,3,5-8,10H2,1-2H3. The molecular formula is C24H23F4I. The molecule has 0 spiro atoms. The smallest absolute Gasteiger partial charge is 0.167 e. The quantitative estimate of drug-likeness (QED) is 0.144. The van der Waals surface area contributed by atoms with Crippen LogP contribution in [0.1, 0.15) is 67.7 Å². The lowest BCUT2D eigenvalue weighted by Gasteiger charge is -2.17.